The van der Waals surface area contributed by atoms with E-state index < -0.39 is 6.04 Å². The Bertz CT molecular complexity index is 1590. The highest BCUT2D eigenvalue weighted by Crippen LogP contribution is 2.34. The molecule has 0 aliphatic heterocycles. The number of aryl methyl sites for hydroxylation is 2. The molecule has 0 radical (unpaired) electrons. The molecule has 1 N–H and O–H groups in total. The van der Waals surface area contributed by atoms with Crippen molar-refractivity contribution in [3.05, 3.63) is 109 Å². The van der Waals surface area contributed by atoms with Crippen molar-refractivity contribution in [1.82, 2.24) is 30.1 Å². The first-order chi connectivity index (χ1) is 18.3. The van der Waals surface area contributed by atoms with Crippen LogP contribution in [0.25, 0.3) is 10.9 Å². The summed E-state index contributed by atoms with van der Waals surface area (Å²) in [4.78, 5) is 20.6. The molecule has 7 nitrogen and oxygen atoms in total. The highest BCUT2D eigenvalue weighted by atomic mass is 32.1. The Morgan fingerprint density at radius 1 is 1.03 bits per heavy atom. The number of rotatable bonds is 9. The van der Waals surface area contributed by atoms with E-state index in [4.69, 9.17) is 0 Å². The zero-order valence-electron chi connectivity index (χ0n) is 22.6. The van der Waals surface area contributed by atoms with Gasteiger partial charge in [0.2, 0.25) is 0 Å². The topological polar surface area (TPSA) is 79.7 Å². The molecule has 0 bridgehead atoms. The highest BCUT2D eigenvalue weighted by molar-refractivity contribution is 7.09. The van der Waals surface area contributed by atoms with Gasteiger partial charge in [0.15, 0.2) is 5.82 Å². The van der Waals surface area contributed by atoms with E-state index >= 15 is 0 Å². The summed E-state index contributed by atoms with van der Waals surface area (Å²) in [6.45, 7) is 11.8. The summed E-state index contributed by atoms with van der Waals surface area (Å²) in [6, 6.07) is 20.3. The van der Waals surface area contributed by atoms with E-state index in [1.54, 1.807) is 11.3 Å². The quantitative estimate of drug-likeness (QED) is 0.250. The van der Waals surface area contributed by atoms with Crippen LogP contribution in [0.3, 0.4) is 0 Å². The first-order valence-electron chi connectivity index (χ1n) is 13.0. The highest BCUT2D eigenvalue weighted by Gasteiger charge is 2.34. The lowest BCUT2D eigenvalue weighted by Crippen LogP contribution is -2.38. The fourth-order valence-corrected chi connectivity index (χ4v) is 5.63. The minimum absolute atomic E-state index is 0.121. The van der Waals surface area contributed by atoms with Crippen molar-refractivity contribution >= 4 is 22.2 Å². The van der Waals surface area contributed by atoms with Crippen LogP contribution in [-0.4, -0.2) is 30.1 Å². The molecule has 5 aromatic rings. The smallest absolute Gasteiger partial charge is 0.253 e. The predicted octanol–water partition coefficient (Wildman–Crippen LogP) is 6.13. The molecule has 2 aromatic carbocycles. The number of H-pyrrole nitrogens is 1. The molecule has 0 fully saturated rings. The van der Waals surface area contributed by atoms with Gasteiger partial charge in [0.05, 0.1) is 11.1 Å². The second-order valence-corrected chi connectivity index (χ2v) is 11.6. The summed E-state index contributed by atoms with van der Waals surface area (Å²) in [5.74, 6) is 0.666. The Labute approximate surface area is 227 Å². The van der Waals surface area contributed by atoms with Gasteiger partial charge in [-0.25, -0.2) is 4.68 Å². The summed E-state index contributed by atoms with van der Waals surface area (Å²) in [6.07, 6.45) is 0.841. The molecule has 0 saturated carbocycles. The third-order valence-electron chi connectivity index (χ3n) is 7.48. The van der Waals surface area contributed by atoms with E-state index in [9.17, 15) is 4.79 Å². The Balaban J connectivity index is 1.76. The molecule has 0 aliphatic carbocycles. The van der Waals surface area contributed by atoms with Crippen LogP contribution in [0.1, 0.15) is 66.2 Å². The van der Waals surface area contributed by atoms with Gasteiger partial charge in [0.1, 0.15) is 6.04 Å². The van der Waals surface area contributed by atoms with E-state index in [-0.39, 0.29) is 11.1 Å². The summed E-state index contributed by atoms with van der Waals surface area (Å²) < 4.78 is 1.90. The van der Waals surface area contributed by atoms with E-state index in [1.165, 1.54) is 4.88 Å². The molecule has 8 heteroatoms. The third-order valence-corrected chi connectivity index (χ3v) is 8.34. The number of pyridine rings is 1. The average molecular weight is 527 g/mol. The van der Waals surface area contributed by atoms with Gasteiger partial charge in [0, 0.05) is 28.9 Å². The van der Waals surface area contributed by atoms with Crippen molar-refractivity contribution in [2.75, 3.05) is 0 Å². The minimum Gasteiger partial charge on any atom is -0.321 e. The summed E-state index contributed by atoms with van der Waals surface area (Å²) >= 11 is 1.71. The van der Waals surface area contributed by atoms with Crippen LogP contribution in [0.2, 0.25) is 0 Å². The molecule has 0 saturated heterocycles. The number of tetrazole rings is 1. The first-order valence-corrected chi connectivity index (χ1v) is 13.9. The van der Waals surface area contributed by atoms with Crippen LogP contribution >= 0.6 is 11.3 Å². The predicted molar refractivity (Wildman–Crippen MR) is 153 cm³/mol. The SMILES string of the molecule is CCC(C)(C)n1nnnc1[C@H](c1cc2c(C)ccc(C)c2[nH]c1=O)N(Cc1ccccc1)Cc1cccs1. The van der Waals surface area contributed by atoms with Crippen LogP contribution in [0.5, 0.6) is 0 Å². The number of nitrogens with one attached hydrogen (secondary N) is 1. The van der Waals surface area contributed by atoms with Crippen LogP contribution in [0, 0.1) is 13.8 Å². The van der Waals surface area contributed by atoms with Crippen molar-refractivity contribution in [3.8, 4) is 0 Å². The molecular formula is C30H34N6OS. The minimum atomic E-state index is -0.466. The zero-order chi connectivity index (χ0) is 26.9. The normalized spacial score (nSPS) is 12.9. The molecule has 196 valence electrons. The van der Waals surface area contributed by atoms with Gasteiger partial charge in [-0.2, -0.15) is 0 Å². The van der Waals surface area contributed by atoms with Gasteiger partial charge in [-0.05, 0) is 78.7 Å². The lowest BCUT2D eigenvalue weighted by Gasteiger charge is -2.33. The number of hydrogen-bond donors (Lipinski definition) is 1. The summed E-state index contributed by atoms with van der Waals surface area (Å²) in [5.41, 5.74) is 4.39. The Morgan fingerprint density at radius 3 is 2.50 bits per heavy atom. The van der Waals surface area contributed by atoms with Gasteiger partial charge in [-0.15, -0.1) is 16.4 Å². The number of aromatic nitrogens is 5. The van der Waals surface area contributed by atoms with Gasteiger partial charge in [-0.3, -0.25) is 9.69 Å². The molecule has 5 rings (SSSR count). The maximum atomic E-state index is 13.9. The van der Waals surface area contributed by atoms with Crippen LogP contribution < -0.4 is 5.56 Å². The number of fused-ring (bicyclic) bond motifs is 1. The molecule has 0 spiro atoms. The summed E-state index contributed by atoms with van der Waals surface area (Å²) in [7, 11) is 0. The maximum Gasteiger partial charge on any atom is 0.253 e. The monoisotopic (exact) mass is 526 g/mol. The third kappa shape index (κ3) is 5.06. The standard InChI is InChI=1S/C30H34N6OS/c1-6-30(4,5)36-28(32-33-34-36)27(25-17-24-20(2)14-15-21(3)26(24)31-29(25)37)35(19-23-13-10-16-38-23)18-22-11-8-7-9-12-22/h7-17,27H,6,18-19H2,1-5H3,(H,31,37)/t27-/m0/s1. The number of benzene rings is 2. The van der Waals surface area contributed by atoms with Gasteiger partial charge >= 0.3 is 0 Å². The molecule has 0 unspecified atom stereocenters. The molecule has 0 amide bonds. The van der Waals surface area contributed by atoms with Gasteiger partial charge in [-0.1, -0.05) is 55.5 Å². The van der Waals surface area contributed by atoms with Crippen molar-refractivity contribution in [2.45, 2.75) is 65.7 Å². The molecule has 3 heterocycles. The molecule has 3 aromatic heterocycles. The second kappa shape index (κ2) is 10.6. The molecule has 0 aliphatic rings. The summed E-state index contributed by atoms with van der Waals surface area (Å²) in [5, 5.41) is 16.2. The fourth-order valence-electron chi connectivity index (χ4n) is 4.90. The number of nitrogens with zero attached hydrogens (tertiary/aromatic N) is 5. The lowest BCUT2D eigenvalue weighted by atomic mass is 9.97. The van der Waals surface area contributed by atoms with Crippen LogP contribution in [0.4, 0.5) is 0 Å². The number of hydrogen-bond acceptors (Lipinski definition) is 6. The maximum absolute atomic E-state index is 13.9. The molecule has 38 heavy (non-hydrogen) atoms. The van der Waals surface area contributed by atoms with Gasteiger partial charge < -0.3 is 4.98 Å². The van der Waals surface area contributed by atoms with E-state index in [1.807, 2.05) is 41.9 Å². The average Bonchev–Trinajstić information content (AvgIpc) is 3.61. The largest absolute Gasteiger partial charge is 0.321 e. The second-order valence-electron chi connectivity index (χ2n) is 10.5. The Morgan fingerprint density at radius 2 is 1.79 bits per heavy atom. The fraction of sp³-hybridized carbons (Fsp3) is 0.333. The Kier molecular flexibility index (Phi) is 7.27. The van der Waals surface area contributed by atoms with Crippen molar-refractivity contribution in [1.29, 1.82) is 0 Å². The molecular weight excluding hydrogens is 492 g/mol. The van der Waals surface area contributed by atoms with E-state index in [0.717, 1.165) is 34.0 Å². The van der Waals surface area contributed by atoms with Crippen molar-refractivity contribution in [3.63, 3.8) is 0 Å². The van der Waals surface area contributed by atoms with Crippen LogP contribution in [-0.2, 0) is 18.6 Å². The Hall–Kier alpha value is -3.62. The lowest BCUT2D eigenvalue weighted by molar-refractivity contribution is 0.182. The van der Waals surface area contributed by atoms with Crippen molar-refractivity contribution in [2.24, 2.45) is 0 Å². The van der Waals surface area contributed by atoms with Gasteiger partial charge in [0.25, 0.3) is 5.56 Å². The van der Waals surface area contributed by atoms with E-state index in [0.29, 0.717) is 24.5 Å². The first kappa shape index (κ1) is 26.0. The van der Waals surface area contributed by atoms with Crippen LogP contribution in [0.15, 0.2) is 70.8 Å². The van der Waals surface area contributed by atoms with Crippen molar-refractivity contribution < 1.29 is 0 Å². The van der Waals surface area contributed by atoms with E-state index in [2.05, 4.69) is 88.8 Å². The molecule has 1 atom stereocenters. The zero-order valence-corrected chi connectivity index (χ0v) is 23.4. The number of aromatic amines is 1. The number of thiophene rings is 1.